The second kappa shape index (κ2) is 6.87. The van der Waals surface area contributed by atoms with Crippen LogP contribution >= 0.6 is 0 Å². The second-order valence-electron chi connectivity index (χ2n) is 7.33. The molecule has 0 aliphatic carbocycles. The van der Waals surface area contributed by atoms with E-state index in [1.54, 1.807) is 10.7 Å². The Morgan fingerprint density at radius 2 is 2.21 bits per heavy atom. The molecule has 1 fully saturated rings. The maximum absolute atomic E-state index is 6.17. The molecule has 0 aromatic carbocycles. The number of nitrogen functional groups attached to an aromatic ring is 1. The number of oxazole rings is 1. The first-order chi connectivity index (χ1) is 14.1. The van der Waals surface area contributed by atoms with E-state index in [1.807, 2.05) is 17.8 Å². The Morgan fingerprint density at radius 1 is 1.31 bits per heavy atom. The van der Waals surface area contributed by atoms with Gasteiger partial charge in [0.05, 0.1) is 18.1 Å². The van der Waals surface area contributed by atoms with Crippen LogP contribution in [-0.2, 0) is 6.54 Å². The van der Waals surface area contributed by atoms with E-state index in [-0.39, 0.29) is 11.9 Å². The van der Waals surface area contributed by atoms with Crippen molar-refractivity contribution in [2.75, 3.05) is 23.7 Å². The quantitative estimate of drug-likeness (QED) is 0.561. The predicted molar refractivity (Wildman–Crippen MR) is 108 cm³/mol. The highest BCUT2D eigenvalue weighted by molar-refractivity contribution is 5.65. The molecular formula is C19H23N9O. The average molecular weight is 393 g/mol. The van der Waals surface area contributed by atoms with Gasteiger partial charge in [0, 0.05) is 37.3 Å². The highest BCUT2D eigenvalue weighted by atomic mass is 16.3. The Morgan fingerprint density at radius 3 is 2.97 bits per heavy atom. The molecule has 0 radical (unpaired) electrons. The van der Waals surface area contributed by atoms with Crippen LogP contribution < -0.4 is 10.6 Å². The molecule has 10 nitrogen and oxygen atoms in total. The number of nitrogens with two attached hydrogens (primary N) is 1. The van der Waals surface area contributed by atoms with Crippen LogP contribution in [0, 0.1) is 6.92 Å². The number of hydrogen-bond acceptors (Lipinski definition) is 8. The summed E-state index contributed by atoms with van der Waals surface area (Å²) in [6, 6.07) is 0. The molecule has 0 amide bonds. The van der Waals surface area contributed by atoms with Crippen LogP contribution in [0.15, 0.2) is 29.3 Å². The van der Waals surface area contributed by atoms with Crippen molar-refractivity contribution in [1.29, 1.82) is 0 Å². The molecule has 0 spiro atoms. The molecule has 150 valence electrons. The van der Waals surface area contributed by atoms with Crippen LogP contribution in [0.4, 0.5) is 11.6 Å². The fourth-order valence-electron chi connectivity index (χ4n) is 3.91. The Kier molecular flexibility index (Phi) is 4.18. The van der Waals surface area contributed by atoms with E-state index in [4.69, 9.17) is 15.1 Å². The Hall–Kier alpha value is -3.43. The topological polar surface area (TPSA) is 116 Å². The van der Waals surface area contributed by atoms with Crippen molar-refractivity contribution >= 4 is 17.3 Å². The highest BCUT2D eigenvalue weighted by Gasteiger charge is 2.27. The van der Waals surface area contributed by atoms with Crippen LogP contribution in [-0.4, -0.2) is 47.4 Å². The van der Waals surface area contributed by atoms with Gasteiger partial charge in [0.2, 0.25) is 11.8 Å². The summed E-state index contributed by atoms with van der Waals surface area (Å²) in [6.07, 6.45) is 9.23. The summed E-state index contributed by atoms with van der Waals surface area (Å²) >= 11 is 0. The average Bonchev–Trinajstić information content (AvgIpc) is 3.50. The van der Waals surface area contributed by atoms with Crippen LogP contribution in [0.25, 0.3) is 17.2 Å². The number of piperidine rings is 1. The van der Waals surface area contributed by atoms with E-state index in [9.17, 15) is 0 Å². The van der Waals surface area contributed by atoms with Gasteiger partial charge in [-0.15, -0.1) is 5.10 Å². The molecule has 1 atom stereocenters. The molecule has 4 aromatic heterocycles. The summed E-state index contributed by atoms with van der Waals surface area (Å²) in [5.74, 6) is 1.71. The molecule has 5 rings (SSSR count). The Labute approximate surface area is 167 Å². The molecule has 0 saturated carbocycles. The maximum Gasteiger partial charge on any atom is 0.245 e. The Balaban J connectivity index is 1.48. The largest absolute Gasteiger partial charge is 0.443 e. The van der Waals surface area contributed by atoms with Gasteiger partial charge in [0.1, 0.15) is 12.0 Å². The fourth-order valence-corrected chi connectivity index (χ4v) is 3.91. The summed E-state index contributed by atoms with van der Waals surface area (Å²) < 4.78 is 8.96. The van der Waals surface area contributed by atoms with Gasteiger partial charge in [-0.05, 0) is 26.7 Å². The third-order valence-electron chi connectivity index (χ3n) is 5.49. The molecule has 1 aliphatic heterocycles. The highest BCUT2D eigenvalue weighted by Crippen LogP contribution is 2.30. The maximum atomic E-state index is 6.17. The fraction of sp³-hybridized carbons (Fsp3) is 0.421. The third-order valence-corrected chi connectivity index (χ3v) is 5.49. The summed E-state index contributed by atoms with van der Waals surface area (Å²) in [5.41, 5.74) is 9.44. The molecule has 0 bridgehead atoms. The van der Waals surface area contributed by atoms with Gasteiger partial charge in [0.25, 0.3) is 0 Å². The van der Waals surface area contributed by atoms with E-state index in [0.29, 0.717) is 17.2 Å². The lowest BCUT2D eigenvalue weighted by molar-refractivity contribution is 0.491. The number of rotatable bonds is 4. The minimum absolute atomic E-state index is 0.220. The zero-order valence-electron chi connectivity index (χ0n) is 16.5. The minimum Gasteiger partial charge on any atom is -0.443 e. The zero-order chi connectivity index (χ0) is 20.0. The van der Waals surface area contributed by atoms with Crippen molar-refractivity contribution in [3.05, 3.63) is 36.2 Å². The number of nitrogens with zero attached hydrogens (tertiary/aromatic N) is 8. The molecule has 2 N–H and O–H groups in total. The van der Waals surface area contributed by atoms with E-state index in [1.165, 1.54) is 6.26 Å². The van der Waals surface area contributed by atoms with Gasteiger partial charge >= 0.3 is 0 Å². The molecule has 1 aliphatic rings. The molecule has 1 saturated heterocycles. The van der Waals surface area contributed by atoms with Crippen molar-refractivity contribution in [2.24, 2.45) is 0 Å². The Bertz CT molecular complexity index is 1140. The van der Waals surface area contributed by atoms with E-state index in [2.05, 4.69) is 38.2 Å². The normalized spacial score (nSPS) is 17.3. The predicted octanol–water partition coefficient (Wildman–Crippen LogP) is 2.27. The van der Waals surface area contributed by atoms with Gasteiger partial charge in [-0.25, -0.2) is 15.0 Å². The van der Waals surface area contributed by atoms with Crippen molar-refractivity contribution in [1.82, 2.24) is 34.3 Å². The lowest BCUT2D eigenvalue weighted by atomic mass is 9.97. The third kappa shape index (κ3) is 3.00. The second-order valence-corrected chi connectivity index (χ2v) is 7.33. The number of hydrogen-bond donors (Lipinski definition) is 1. The first kappa shape index (κ1) is 17.7. The molecule has 0 unspecified atom stereocenters. The van der Waals surface area contributed by atoms with Crippen molar-refractivity contribution in [2.45, 2.75) is 39.2 Å². The number of fused-ring (bicyclic) bond motifs is 1. The summed E-state index contributed by atoms with van der Waals surface area (Å²) in [5, 5.41) is 9.09. The molecular weight excluding hydrogens is 370 g/mol. The number of aryl methyl sites for hydroxylation is 2. The molecule has 4 aromatic rings. The molecule has 5 heterocycles. The number of anilines is 2. The lowest BCUT2D eigenvalue weighted by Gasteiger charge is -2.32. The zero-order valence-corrected chi connectivity index (χ0v) is 16.5. The number of aromatic nitrogens is 7. The van der Waals surface area contributed by atoms with Crippen LogP contribution in [0.2, 0.25) is 0 Å². The SMILES string of the molecule is CCn1cc(N2CCC[C@@H](c3nc4c(C)c(-c5ncco5)nc(N)n4n3)C2)cn1. The van der Waals surface area contributed by atoms with Crippen molar-refractivity contribution in [3.63, 3.8) is 0 Å². The van der Waals surface area contributed by atoms with Crippen LogP contribution in [0.3, 0.4) is 0 Å². The van der Waals surface area contributed by atoms with Gasteiger partial charge in [-0.2, -0.15) is 9.61 Å². The van der Waals surface area contributed by atoms with Gasteiger partial charge < -0.3 is 15.1 Å². The lowest BCUT2D eigenvalue weighted by Crippen LogP contribution is -2.34. The summed E-state index contributed by atoms with van der Waals surface area (Å²) in [6.45, 7) is 6.75. The van der Waals surface area contributed by atoms with Gasteiger partial charge in [-0.3, -0.25) is 4.68 Å². The van der Waals surface area contributed by atoms with Crippen LogP contribution in [0.5, 0.6) is 0 Å². The standard InChI is InChI=1S/C19H23N9O/c1-3-27-11-14(9-22-27)26-7-4-5-13(10-26)16-24-17-12(2)15(18-21-6-8-29-18)23-19(20)28(17)25-16/h6,8-9,11,13H,3-5,7,10H2,1-2H3,(H2,20,23)/t13-/m1/s1. The van der Waals surface area contributed by atoms with Gasteiger partial charge in [0.15, 0.2) is 11.5 Å². The first-order valence-electron chi connectivity index (χ1n) is 9.84. The van der Waals surface area contributed by atoms with E-state index in [0.717, 1.165) is 49.6 Å². The summed E-state index contributed by atoms with van der Waals surface area (Å²) in [4.78, 5) is 15.8. The summed E-state index contributed by atoms with van der Waals surface area (Å²) in [7, 11) is 0. The van der Waals surface area contributed by atoms with Crippen molar-refractivity contribution in [3.8, 4) is 11.6 Å². The molecule has 29 heavy (non-hydrogen) atoms. The van der Waals surface area contributed by atoms with E-state index < -0.39 is 0 Å². The van der Waals surface area contributed by atoms with Crippen molar-refractivity contribution < 1.29 is 4.42 Å². The molecule has 10 heteroatoms. The monoisotopic (exact) mass is 393 g/mol. The minimum atomic E-state index is 0.220. The van der Waals surface area contributed by atoms with E-state index >= 15 is 0 Å². The van der Waals surface area contributed by atoms with Gasteiger partial charge in [-0.1, -0.05) is 0 Å². The smallest absolute Gasteiger partial charge is 0.245 e. The van der Waals surface area contributed by atoms with Crippen LogP contribution in [0.1, 0.15) is 37.1 Å². The first-order valence-corrected chi connectivity index (χ1v) is 9.84.